The average Bonchev–Trinajstić information content (AvgIpc) is 3.29. The van der Waals surface area contributed by atoms with E-state index in [0.29, 0.717) is 40.2 Å². The van der Waals surface area contributed by atoms with Gasteiger partial charge in [-0.15, -0.1) is 0 Å². The Morgan fingerprint density at radius 2 is 2.03 bits per heavy atom. The fourth-order valence-electron chi connectivity index (χ4n) is 3.87. The number of Topliss-reactive ketones (excluding diaryl/α,β-unsaturated/α-hetero) is 1. The number of amides is 2. The Kier molecular flexibility index (Phi) is 5.84. The van der Waals surface area contributed by atoms with E-state index in [2.05, 4.69) is 25.6 Å². The number of hydrogen-bond donors (Lipinski definition) is 3. The van der Waals surface area contributed by atoms with Gasteiger partial charge in [-0.2, -0.15) is 0 Å². The van der Waals surface area contributed by atoms with Gasteiger partial charge in [0, 0.05) is 30.3 Å². The largest absolute Gasteiger partial charge is 0.497 e. The second-order valence-corrected chi connectivity index (χ2v) is 7.96. The van der Waals surface area contributed by atoms with Gasteiger partial charge in [0.25, 0.3) is 11.8 Å². The van der Waals surface area contributed by atoms with Gasteiger partial charge in [-0.05, 0) is 35.9 Å². The molecule has 0 aliphatic carbocycles. The number of carbonyl (C=O) groups excluding carboxylic acids is 3. The lowest BCUT2D eigenvalue weighted by Gasteiger charge is -2.17. The molecular formula is C25H21N5O5. The molecule has 0 saturated carbocycles. The molecule has 2 amide bonds. The van der Waals surface area contributed by atoms with Crippen LogP contribution in [-0.4, -0.2) is 46.3 Å². The van der Waals surface area contributed by atoms with E-state index in [1.807, 2.05) is 12.1 Å². The van der Waals surface area contributed by atoms with Crippen LogP contribution >= 0.6 is 0 Å². The van der Waals surface area contributed by atoms with Crippen LogP contribution in [0.15, 0.2) is 55.0 Å². The Morgan fingerprint density at radius 3 is 2.89 bits per heavy atom. The highest BCUT2D eigenvalue weighted by Crippen LogP contribution is 2.25. The standard InChI is InChI=1S/C25H21N5O5/c1-34-18-4-2-3-15(9-18)24(32)30-19-11-26-22-21(19)28-13-29-23(22)25(33)27-10-14-5-6-20-16(7-14)8-17(31)12-35-20/h2-7,9,11,13,26H,8,10,12H2,1H3,(H,27,33)(H,30,32). The molecule has 0 radical (unpaired) electrons. The number of ketones is 1. The van der Waals surface area contributed by atoms with Gasteiger partial charge in [-0.3, -0.25) is 14.4 Å². The van der Waals surface area contributed by atoms with Crippen molar-refractivity contribution in [2.75, 3.05) is 19.0 Å². The highest BCUT2D eigenvalue weighted by Gasteiger charge is 2.19. The van der Waals surface area contributed by atoms with Gasteiger partial charge in [0.2, 0.25) is 0 Å². The Morgan fingerprint density at radius 1 is 1.14 bits per heavy atom. The fourth-order valence-corrected chi connectivity index (χ4v) is 3.87. The monoisotopic (exact) mass is 471 g/mol. The van der Waals surface area contributed by atoms with E-state index in [9.17, 15) is 14.4 Å². The van der Waals surface area contributed by atoms with Crippen molar-refractivity contribution in [3.63, 3.8) is 0 Å². The van der Waals surface area contributed by atoms with Crippen LogP contribution in [0.4, 0.5) is 5.69 Å². The molecule has 0 unspecified atom stereocenters. The van der Waals surface area contributed by atoms with Crippen LogP contribution in [0, 0.1) is 0 Å². The van der Waals surface area contributed by atoms with E-state index in [-0.39, 0.29) is 30.5 Å². The molecule has 0 fully saturated rings. The molecule has 0 bridgehead atoms. The normalized spacial score (nSPS) is 12.5. The zero-order valence-electron chi connectivity index (χ0n) is 18.8. The first kappa shape index (κ1) is 22.1. The van der Waals surface area contributed by atoms with Crippen molar-refractivity contribution in [2.24, 2.45) is 0 Å². The number of anilines is 1. The van der Waals surface area contributed by atoms with Crippen molar-refractivity contribution in [1.29, 1.82) is 0 Å². The quantitative estimate of drug-likeness (QED) is 0.393. The third kappa shape index (κ3) is 4.54. The summed E-state index contributed by atoms with van der Waals surface area (Å²) in [5.74, 6) is 0.519. The molecule has 0 spiro atoms. The van der Waals surface area contributed by atoms with Crippen molar-refractivity contribution in [3.05, 3.63) is 77.4 Å². The summed E-state index contributed by atoms with van der Waals surface area (Å²) in [5.41, 5.74) is 3.43. The third-order valence-electron chi connectivity index (χ3n) is 5.61. The average molecular weight is 471 g/mol. The second-order valence-electron chi connectivity index (χ2n) is 7.96. The van der Waals surface area contributed by atoms with E-state index in [1.54, 1.807) is 36.5 Å². The Bertz CT molecular complexity index is 1460. The summed E-state index contributed by atoms with van der Waals surface area (Å²) < 4.78 is 10.6. The summed E-state index contributed by atoms with van der Waals surface area (Å²) in [7, 11) is 1.53. The molecule has 4 aromatic rings. The first-order valence-corrected chi connectivity index (χ1v) is 10.8. The number of aromatic amines is 1. The lowest BCUT2D eigenvalue weighted by Crippen LogP contribution is -2.25. The number of hydrogen-bond acceptors (Lipinski definition) is 7. The lowest BCUT2D eigenvalue weighted by molar-refractivity contribution is -0.121. The predicted molar refractivity (Wildman–Crippen MR) is 127 cm³/mol. The number of fused-ring (bicyclic) bond motifs is 2. The highest BCUT2D eigenvalue weighted by atomic mass is 16.5. The minimum absolute atomic E-state index is 0.0168. The summed E-state index contributed by atoms with van der Waals surface area (Å²) >= 11 is 0. The van der Waals surface area contributed by atoms with Crippen molar-refractivity contribution in [3.8, 4) is 11.5 Å². The highest BCUT2D eigenvalue weighted by molar-refractivity contribution is 6.11. The number of rotatable bonds is 6. The van der Waals surface area contributed by atoms with Crippen LogP contribution in [0.5, 0.6) is 11.5 Å². The Hall–Kier alpha value is -4.73. The third-order valence-corrected chi connectivity index (χ3v) is 5.61. The minimum Gasteiger partial charge on any atom is -0.497 e. The maximum atomic E-state index is 12.9. The van der Waals surface area contributed by atoms with E-state index in [1.165, 1.54) is 13.4 Å². The fraction of sp³-hybridized carbons (Fsp3) is 0.160. The number of benzene rings is 2. The molecule has 3 N–H and O–H groups in total. The number of aromatic nitrogens is 3. The van der Waals surface area contributed by atoms with Crippen molar-refractivity contribution in [1.82, 2.24) is 20.3 Å². The molecular weight excluding hydrogens is 450 g/mol. The van der Waals surface area contributed by atoms with Gasteiger partial charge in [0.05, 0.1) is 18.3 Å². The number of ether oxygens (including phenoxy) is 2. The van der Waals surface area contributed by atoms with Gasteiger partial charge in [-0.25, -0.2) is 9.97 Å². The Labute approximate surface area is 199 Å². The SMILES string of the molecule is COc1cccc(C(=O)Nc2c[nH]c3c(C(=O)NCc4ccc5c(c4)CC(=O)CO5)ncnc23)c1. The molecule has 35 heavy (non-hydrogen) atoms. The van der Waals surface area contributed by atoms with Crippen LogP contribution in [0.1, 0.15) is 32.0 Å². The van der Waals surface area contributed by atoms with Crippen LogP contribution in [0.2, 0.25) is 0 Å². The molecule has 2 aromatic heterocycles. The van der Waals surface area contributed by atoms with E-state index >= 15 is 0 Å². The molecule has 2 aromatic carbocycles. The molecule has 5 rings (SSSR count). The summed E-state index contributed by atoms with van der Waals surface area (Å²) in [5, 5.41) is 5.64. The zero-order chi connectivity index (χ0) is 24.4. The molecule has 10 heteroatoms. The van der Waals surface area contributed by atoms with Gasteiger partial charge in [0.1, 0.15) is 29.9 Å². The number of carbonyl (C=O) groups is 3. The zero-order valence-corrected chi connectivity index (χ0v) is 18.8. The van der Waals surface area contributed by atoms with E-state index in [0.717, 1.165) is 11.1 Å². The van der Waals surface area contributed by atoms with Crippen LogP contribution in [0.25, 0.3) is 11.0 Å². The van der Waals surface area contributed by atoms with Gasteiger partial charge in [-0.1, -0.05) is 12.1 Å². The lowest BCUT2D eigenvalue weighted by atomic mass is 10.0. The van der Waals surface area contributed by atoms with Crippen molar-refractivity contribution in [2.45, 2.75) is 13.0 Å². The number of nitrogens with zero attached hydrogens (tertiary/aromatic N) is 2. The predicted octanol–water partition coefficient (Wildman–Crippen LogP) is 2.65. The van der Waals surface area contributed by atoms with Gasteiger partial charge < -0.3 is 25.1 Å². The van der Waals surface area contributed by atoms with Crippen LogP contribution < -0.4 is 20.1 Å². The summed E-state index contributed by atoms with van der Waals surface area (Å²) in [6, 6.07) is 12.3. The van der Waals surface area contributed by atoms with Crippen molar-refractivity contribution >= 4 is 34.3 Å². The maximum Gasteiger partial charge on any atom is 0.272 e. The smallest absolute Gasteiger partial charge is 0.272 e. The van der Waals surface area contributed by atoms with Crippen LogP contribution in [-0.2, 0) is 17.8 Å². The Balaban J connectivity index is 1.31. The first-order valence-electron chi connectivity index (χ1n) is 10.8. The van der Waals surface area contributed by atoms with Gasteiger partial charge >= 0.3 is 0 Å². The first-order chi connectivity index (χ1) is 17.0. The summed E-state index contributed by atoms with van der Waals surface area (Å²) in [6.07, 6.45) is 3.15. The molecule has 176 valence electrons. The number of H-pyrrole nitrogens is 1. The molecule has 0 atom stereocenters. The van der Waals surface area contributed by atoms with Crippen molar-refractivity contribution < 1.29 is 23.9 Å². The summed E-state index contributed by atoms with van der Waals surface area (Å²) in [6.45, 7) is 0.330. The minimum atomic E-state index is -0.407. The van der Waals surface area contributed by atoms with Crippen LogP contribution in [0.3, 0.4) is 0 Å². The van der Waals surface area contributed by atoms with Gasteiger partial charge in [0.15, 0.2) is 11.5 Å². The summed E-state index contributed by atoms with van der Waals surface area (Å²) in [4.78, 5) is 48.6. The topological polar surface area (TPSA) is 135 Å². The number of methoxy groups -OCH3 is 1. The second kappa shape index (κ2) is 9.26. The molecule has 1 aliphatic rings. The molecule has 3 heterocycles. The van der Waals surface area contributed by atoms with E-state index < -0.39 is 5.91 Å². The number of nitrogens with one attached hydrogen (secondary N) is 3. The molecule has 1 aliphatic heterocycles. The molecule has 0 saturated heterocycles. The maximum absolute atomic E-state index is 12.9. The van der Waals surface area contributed by atoms with E-state index in [4.69, 9.17) is 9.47 Å². The molecule has 10 nitrogen and oxygen atoms in total.